The number of hydrogen-bond donors (Lipinski definition) is 1. The van der Waals surface area contributed by atoms with Gasteiger partial charge in [0.1, 0.15) is 5.69 Å². The van der Waals surface area contributed by atoms with Gasteiger partial charge in [-0.05, 0) is 23.8 Å². The fraction of sp³-hybridized carbons (Fsp3) is 0.286. The van der Waals surface area contributed by atoms with Crippen LogP contribution in [0.15, 0.2) is 48.7 Å². The van der Waals surface area contributed by atoms with Crippen LogP contribution in [-0.2, 0) is 17.4 Å². The second-order valence-electron chi connectivity index (χ2n) is 7.36. The molecule has 1 aliphatic heterocycles. The largest absolute Gasteiger partial charge is 0.416 e. The quantitative estimate of drug-likeness (QED) is 0.499. The third-order valence-electron chi connectivity index (χ3n) is 5.49. The molecular formula is C21H19F3N4O3. The Kier molecular flexibility index (Phi) is 5.30. The first-order valence-corrected chi connectivity index (χ1v) is 9.67. The van der Waals surface area contributed by atoms with Crippen LogP contribution >= 0.6 is 0 Å². The summed E-state index contributed by atoms with van der Waals surface area (Å²) in [7, 11) is 0. The summed E-state index contributed by atoms with van der Waals surface area (Å²) in [5, 5.41) is 12.3. The SMILES string of the molecule is O=C(Cc1c[nH]c2ccccc12)N1CCN(c2ccc(C(F)(F)F)cc2[N+](=O)[O-])CC1. The molecule has 3 aromatic rings. The van der Waals surface area contributed by atoms with Gasteiger partial charge in [0.05, 0.1) is 16.9 Å². The zero-order valence-electron chi connectivity index (χ0n) is 16.4. The number of anilines is 1. The summed E-state index contributed by atoms with van der Waals surface area (Å²) in [5.74, 6) is -0.0636. The molecular weight excluding hydrogens is 413 g/mol. The molecule has 2 aromatic carbocycles. The summed E-state index contributed by atoms with van der Waals surface area (Å²) in [5.41, 5.74) is 0.316. The van der Waals surface area contributed by atoms with Gasteiger partial charge >= 0.3 is 6.18 Å². The Labute approximate surface area is 175 Å². The van der Waals surface area contributed by atoms with Gasteiger partial charge < -0.3 is 14.8 Å². The van der Waals surface area contributed by atoms with Crippen molar-refractivity contribution in [2.45, 2.75) is 12.6 Å². The first kappa shape index (κ1) is 20.7. The minimum Gasteiger partial charge on any atom is -0.362 e. The van der Waals surface area contributed by atoms with E-state index in [-0.39, 0.29) is 18.0 Å². The number of halogens is 3. The Balaban J connectivity index is 1.45. The minimum atomic E-state index is -4.66. The molecule has 1 N–H and O–H groups in total. The highest BCUT2D eigenvalue weighted by Crippen LogP contribution is 2.36. The third-order valence-corrected chi connectivity index (χ3v) is 5.49. The second kappa shape index (κ2) is 7.93. The molecule has 0 unspecified atom stereocenters. The number of carbonyl (C=O) groups excluding carboxylic acids is 1. The summed E-state index contributed by atoms with van der Waals surface area (Å²) in [6.07, 6.45) is -2.62. The number of nitrogens with zero attached hydrogens (tertiary/aromatic N) is 3. The Morgan fingerprint density at radius 2 is 1.81 bits per heavy atom. The molecule has 1 saturated heterocycles. The maximum absolute atomic E-state index is 12.9. The molecule has 0 bridgehead atoms. The number of carbonyl (C=O) groups is 1. The molecule has 1 amide bonds. The van der Waals surface area contributed by atoms with Gasteiger partial charge in [0, 0.05) is 49.3 Å². The van der Waals surface area contributed by atoms with E-state index in [9.17, 15) is 28.1 Å². The molecule has 1 aromatic heterocycles. The van der Waals surface area contributed by atoms with E-state index in [1.165, 1.54) is 0 Å². The zero-order valence-corrected chi connectivity index (χ0v) is 16.4. The van der Waals surface area contributed by atoms with Crippen molar-refractivity contribution in [1.82, 2.24) is 9.88 Å². The van der Waals surface area contributed by atoms with E-state index in [2.05, 4.69) is 4.98 Å². The van der Waals surface area contributed by atoms with Gasteiger partial charge in [0.25, 0.3) is 5.69 Å². The summed E-state index contributed by atoms with van der Waals surface area (Å²) >= 11 is 0. The molecule has 0 radical (unpaired) electrons. The Morgan fingerprint density at radius 1 is 1.10 bits per heavy atom. The Hall–Kier alpha value is -3.56. The molecule has 31 heavy (non-hydrogen) atoms. The van der Waals surface area contributed by atoms with Crippen LogP contribution in [0, 0.1) is 10.1 Å². The van der Waals surface area contributed by atoms with Crippen LogP contribution in [0.5, 0.6) is 0 Å². The normalized spacial score (nSPS) is 14.8. The number of H-pyrrole nitrogens is 1. The highest BCUT2D eigenvalue weighted by atomic mass is 19.4. The summed E-state index contributed by atoms with van der Waals surface area (Å²) in [6, 6.07) is 10.2. The minimum absolute atomic E-state index is 0.0636. The van der Waals surface area contributed by atoms with Crippen LogP contribution < -0.4 is 4.90 Å². The number of benzene rings is 2. The number of aromatic nitrogens is 1. The molecule has 2 heterocycles. The van der Waals surface area contributed by atoms with E-state index in [1.807, 2.05) is 30.5 Å². The molecule has 1 fully saturated rings. The van der Waals surface area contributed by atoms with Crippen molar-refractivity contribution in [3.63, 3.8) is 0 Å². The smallest absolute Gasteiger partial charge is 0.362 e. The van der Waals surface area contributed by atoms with Gasteiger partial charge in [-0.3, -0.25) is 14.9 Å². The predicted octanol–water partition coefficient (Wildman–Crippen LogP) is 3.99. The third kappa shape index (κ3) is 4.18. The second-order valence-corrected chi connectivity index (χ2v) is 7.36. The number of para-hydroxylation sites is 1. The van der Waals surface area contributed by atoms with Crippen LogP contribution in [0.3, 0.4) is 0 Å². The van der Waals surface area contributed by atoms with E-state index in [1.54, 1.807) is 9.80 Å². The van der Waals surface area contributed by atoms with E-state index in [0.29, 0.717) is 32.2 Å². The number of hydrogen-bond acceptors (Lipinski definition) is 4. The monoisotopic (exact) mass is 432 g/mol. The summed E-state index contributed by atoms with van der Waals surface area (Å²) in [4.78, 5) is 29.7. The molecule has 0 atom stereocenters. The predicted molar refractivity (Wildman–Crippen MR) is 109 cm³/mol. The number of aromatic amines is 1. The fourth-order valence-corrected chi connectivity index (χ4v) is 3.86. The van der Waals surface area contributed by atoms with Crippen LogP contribution in [0.2, 0.25) is 0 Å². The molecule has 10 heteroatoms. The molecule has 7 nitrogen and oxygen atoms in total. The van der Waals surface area contributed by atoms with Crippen molar-refractivity contribution in [2.24, 2.45) is 0 Å². The lowest BCUT2D eigenvalue weighted by Crippen LogP contribution is -2.49. The van der Waals surface area contributed by atoms with E-state index in [4.69, 9.17) is 0 Å². The molecule has 4 rings (SSSR count). The first-order chi connectivity index (χ1) is 14.7. The summed E-state index contributed by atoms with van der Waals surface area (Å²) in [6.45, 7) is 1.26. The van der Waals surface area contributed by atoms with Crippen molar-refractivity contribution >= 4 is 28.2 Å². The highest BCUT2D eigenvalue weighted by molar-refractivity contribution is 5.89. The lowest BCUT2D eigenvalue weighted by atomic mass is 10.1. The van der Waals surface area contributed by atoms with Gasteiger partial charge in [0.2, 0.25) is 5.91 Å². The Morgan fingerprint density at radius 3 is 2.48 bits per heavy atom. The Bertz CT molecular complexity index is 1130. The number of fused-ring (bicyclic) bond motifs is 1. The average Bonchev–Trinajstić information content (AvgIpc) is 3.15. The van der Waals surface area contributed by atoms with Crippen LogP contribution in [0.1, 0.15) is 11.1 Å². The maximum Gasteiger partial charge on any atom is 0.416 e. The van der Waals surface area contributed by atoms with E-state index < -0.39 is 22.4 Å². The topological polar surface area (TPSA) is 82.5 Å². The number of amides is 1. The summed E-state index contributed by atoms with van der Waals surface area (Å²) < 4.78 is 38.7. The standard InChI is InChI=1S/C21H19F3N4O3/c22-21(23,24)15-5-6-18(19(12-15)28(30)31)26-7-9-27(10-8-26)20(29)11-14-13-25-17-4-2-1-3-16(14)17/h1-6,12-13,25H,7-11H2. The maximum atomic E-state index is 12.9. The van der Waals surface area contributed by atoms with Crippen molar-refractivity contribution in [1.29, 1.82) is 0 Å². The highest BCUT2D eigenvalue weighted by Gasteiger charge is 2.34. The van der Waals surface area contributed by atoms with E-state index >= 15 is 0 Å². The first-order valence-electron chi connectivity index (χ1n) is 9.67. The molecule has 1 aliphatic rings. The van der Waals surface area contributed by atoms with Gasteiger partial charge in [0.15, 0.2) is 0 Å². The number of nitrogens with one attached hydrogen (secondary N) is 1. The van der Waals surface area contributed by atoms with Crippen molar-refractivity contribution < 1.29 is 22.9 Å². The number of rotatable bonds is 4. The molecule has 0 aliphatic carbocycles. The van der Waals surface area contributed by atoms with Crippen LogP contribution in [-0.4, -0.2) is 46.9 Å². The molecule has 162 valence electrons. The fourth-order valence-electron chi connectivity index (χ4n) is 3.86. The van der Waals surface area contributed by atoms with Gasteiger partial charge in [-0.15, -0.1) is 0 Å². The lowest BCUT2D eigenvalue weighted by molar-refractivity contribution is -0.384. The van der Waals surface area contributed by atoms with Gasteiger partial charge in [-0.25, -0.2) is 0 Å². The number of piperazine rings is 1. The lowest BCUT2D eigenvalue weighted by Gasteiger charge is -2.36. The molecule has 0 saturated carbocycles. The van der Waals surface area contributed by atoms with Crippen LogP contribution in [0.4, 0.5) is 24.5 Å². The molecule has 0 spiro atoms. The number of nitro groups is 1. The van der Waals surface area contributed by atoms with Crippen molar-refractivity contribution in [3.05, 3.63) is 69.9 Å². The average molecular weight is 432 g/mol. The van der Waals surface area contributed by atoms with Gasteiger partial charge in [-0.1, -0.05) is 18.2 Å². The van der Waals surface area contributed by atoms with Crippen molar-refractivity contribution in [3.8, 4) is 0 Å². The van der Waals surface area contributed by atoms with E-state index in [0.717, 1.165) is 28.6 Å². The number of alkyl halides is 3. The van der Waals surface area contributed by atoms with Gasteiger partial charge in [-0.2, -0.15) is 13.2 Å². The van der Waals surface area contributed by atoms with Crippen LogP contribution in [0.25, 0.3) is 10.9 Å². The number of nitro benzene ring substituents is 1. The zero-order chi connectivity index (χ0) is 22.2. The van der Waals surface area contributed by atoms with Crippen molar-refractivity contribution in [2.75, 3.05) is 31.1 Å².